The standard InChI is InChI=1S/C14H19N3O/c1-2-16-7-4-3-5-13(16)14-15-10-11-9-12(18)6-8-17(11)14/h6,8-10,13,18H,2-5,7H2,1H3. The van der Waals surface area contributed by atoms with Gasteiger partial charge in [-0.3, -0.25) is 4.90 Å². The van der Waals surface area contributed by atoms with Crippen molar-refractivity contribution >= 4 is 5.52 Å². The Labute approximate surface area is 107 Å². The summed E-state index contributed by atoms with van der Waals surface area (Å²) in [5.74, 6) is 1.40. The van der Waals surface area contributed by atoms with Gasteiger partial charge in [0.2, 0.25) is 0 Å². The maximum atomic E-state index is 9.50. The number of hydrogen-bond acceptors (Lipinski definition) is 3. The van der Waals surface area contributed by atoms with Crippen LogP contribution in [0.25, 0.3) is 5.52 Å². The predicted molar refractivity (Wildman–Crippen MR) is 70.7 cm³/mol. The molecule has 1 saturated heterocycles. The van der Waals surface area contributed by atoms with Crippen molar-refractivity contribution in [3.63, 3.8) is 0 Å². The van der Waals surface area contributed by atoms with Crippen molar-refractivity contribution in [1.82, 2.24) is 14.3 Å². The zero-order valence-corrected chi connectivity index (χ0v) is 10.7. The van der Waals surface area contributed by atoms with Crippen LogP contribution >= 0.6 is 0 Å². The first-order chi connectivity index (χ1) is 8.79. The van der Waals surface area contributed by atoms with Crippen LogP contribution in [0.1, 0.15) is 38.1 Å². The molecule has 1 fully saturated rings. The number of nitrogens with zero attached hydrogens (tertiary/aromatic N) is 3. The second kappa shape index (κ2) is 4.61. The van der Waals surface area contributed by atoms with Gasteiger partial charge in [-0.05, 0) is 32.0 Å². The molecule has 0 amide bonds. The molecule has 0 aromatic carbocycles. The molecule has 1 N–H and O–H groups in total. The lowest BCUT2D eigenvalue weighted by Crippen LogP contribution is -2.34. The highest BCUT2D eigenvalue weighted by molar-refractivity contribution is 5.50. The fourth-order valence-electron chi connectivity index (χ4n) is 2.92. The fourth-order valence-corrected chi connectivity index (χ4v) is 2.92. The van der Waals surface area contributed by atoms with Crippen LogP contribution in [0.4, 0.5) is 0 Å². The molecule has 1 aliphatic rings. The molecule has 1 unspecified atom stereocenters. The van der Waals surface area contributed by atoms with Crippen LogP contribution < -0.4 is 0 Å². The average Bonchev–Trinajstić information content (AvgIpc) is 2.81. The quantitative estimate of drug-likeness (QED) is 0.884. The summed E-state index contributed by atoms with van der Waals surface area (Å²) in [5.41, 5.74) is 0.964. The third kappa shape index (κ3) is 1.86. The fraction of sp³-hybridized carbons (Fsp3) is 0.500. The lowest BCUT2D eigenvalue weighted by atomic mass is 10.0. The highest BCUT2D eigenvalue weighted by atomic mass is 16.3. The van der Waals surface area contributed by atoms with Gasteiger partial charge in [0, 0.05) is 12.3 Å². The number of fused-ring (bicyclic) bond motifs is 1. The molecule has 96 valence electrons. The number of imidazole rings is 1. The van der Waals surface area contributed by atoms with Crippen LogP contribution in [0.3, 0.4) is 0 Å². The lowest BCUT2D eigenvalue weighted by molar-refractivity contribution is 0.149. The van der Waals surface area contributed by atoms with Crippen LogP contribution in [0.15, 0.2) is 24.5 Å². The molecule has 1 atom stereocenters. The van der Waals surface area contributed by atoms with Crippen molar-refractivity contribution < 1.29 is 5.11 Å². The SMILES string of the molecule is CCN1CCCCC1c1ncc2cc(O)ccn12. The monoisotopic (exact) mass is 245 g/mol. The number of piperidine rings is 1. The zero-order chi connectivity index (χ0) is 12.5. The molecule has 3 heterocycles. The highest BCUT2D eigenvalue weighted by Crippen LogP contribution is 2.30. The second-order valence-electron chi connectivity index (χ2n) is 4.94. The molecule has 0 bridgehead atoms. The summed E-state index contributed by atoms with van der Waals surface area (Å²) < 4.78 is 2.10. The summed E-state index contributed by atoms with van der Waals surface area (Å²) in [6, 6.07) is 3.89. The second-order valence-corrected chi connectivity index (χ2v) is 4.94. The van der Waals surface area contributed by atoms with Gasteiger partial charge < -0.3 is 9.51 Å². The van der Waals surface area contributed by atoms with Gasteiger partial charge in [0.15, 0.2) is 0 Å². The number of likely N-dealkylation sites (tertiary alicyclic amines) is 1. The van der Waals surface area contributed by atoms with E-state index >= 15 is 0 Å². The Morgan fingerprint density at radius 3 is 3.17 bits per heavy atom. The molecule has 0 radical (unpaired) electrons. The van der Waals surface area contributed by atoms with Crippen molar-refractivity contribution in [1.29, 1.82) is 0 Å². The van der Waals surface area contributed by atoms with E-state index in [2.05, 4.69) is 21.2 Å². The van der Waals surface area contributed by atoms with Crippen molar-refractivity contribution in [2.24, 2.45) is 0 Å². The Kier molecular flexibility index (Phi) is 2.96. The van der Waals surface area contributed by atoms with E-state index in [4.69, 9.17) is 0 Å². The van der Waals surface area contributed by atoms with E-state index in [0.29, 0.717) is 11.8 Å². The van der Waals surface area contributed by atoms with E-state index in [1.165, 1.54) is 19.3 Å². The molecule has 18 heavy (non-hydrogen) atoms. The van der Waals surface area contributed by atoms with E-state index in [9.17, 15) is 5.11 Å². The summed E-state index contributed by atoms with van der Waals surface area (Å²) in [7, 11) is 0. The largest absolute Gasteiger partial charge is 0.508 e. The van der Waals surface area contributed by atoms with E-state index in [1.807, 2.05) is 12.4 Å². The zero-order valence-electron chi connectivity index (χ0n) is 10.7. The van der Waals surface area contributed by atoms with Crippen LogP contribution in [-0.4, -0.2) is 32.5 Å². The normalized spacial score (nSPS) is 21.5. The van der Waals surface area contributed by atoms with Crippen molar-refractivity contribution in [3.05, 3.63) is 30.4 Å². The third-order valence-electron chi connectivity index (χ3n) is 3.86. The van der Waals surface area contributed by atoms with Crippen molar-refractivity contribution in [2.75, 3.05) is 13.1 Å². The van der Waals surface area contributed by atoms with E-state index in [1.54, 1.807) is 12.1 Å². The predicted octanol–water partition coefficient (Wildman–Crippen LogP) is 2.59. The minimum Gasteiger partial charge on any atom is -0.508 e. The summed E-state index contributed by atoms with van der Waals surface area (Å²) in [6.45, 7) is 4.44. The van der Waals surface area contributed by atoms with Crippen LogP contribution in [-0.2, 0) is 0 Å². The molecule has 3 rings (SSSR count). The minimum absolute atomic E-state index is 0.296. The van der Waals surface area contributed by atoms with Gasteiger partial charge in [0.1, 0.15) is 11.6 Å². The Hall–Kier alpha value is -1.55. The summed E-state index contributed by atoms with van der Waals surface area (Å²) in [6.07, 6.45) is 7.49. The molecule has 0 spiro atoms. The van der Waals surface area contributed by atoms with Crippen LogP contribution in [0.5, 0.6) is 5.75 Å². The van der Waals surface area contributed by atoms with Crippen LogP contribution in [0, 0.1) is 0 Å². The molecular weight excluding hydrogens is 226 g/mol. The Bertz CT molecular complexity index is 549. The third-order valence-corrected chi connectivity index (χ3v) is 3.86. The van der Waals surface area contributed by atoms with Crippen molar-refractivity contribution in [3.8, 4) is 5.75 Å². The van der Waals surface area contributed by atoms with E-state index in [0.717, 1.165) is 24.4 Å². The average molecular weight is 245 g/mol. The molecule has 4 nitrogen and oxygen atoms in total. The minimum atomic E-state index is 0.296. The smallest absolute Gasteiger partial charge is 0.130 e. The summed E-state index contributed by atoms with van der Waals surface area (Å²) >= 11 is 0. The van der Waals surface area contributed by atoms with Gasteiger partial charge in [-0.2, -0.15) is 0 Å². The van der Waals surface area contributed by atoms with Crippen molar-refractivity contribution in [2.45, 2.75) is 32.2 Å². The number of aromatic hydroxyl groups is 1. The number of hydrogen-bond donors (Lipinski definition) is 1. The highest BCUT2D eigenvalue weighted by Gasteiger charge is 2.25. The van der Waals surface area contributed by atoms with E-state index in [-0.39, 0.29) is 0 Å². The molecule has 2 aromatic rings. The Morgan fingerprint density at radius 1 is 1.44 bits per heavy atom. The molecular formula is C14H19N3O. The first-order valence-corrected chi connectivity index (χ1v) is 6.69. The molecule has 2 aromatic heterocycles. The molecule has 4 heteroatoms. The Morgan fingerprint density at radius 2 is 2.33 bits per heavy atom. The number of rotatable bonds is 2. The van der Waals surface area contributed by atoms with Gasteiger partial charge in [0.05, 0.1) is 17.8 Å². The number of aromatic nitrogens is 2. The Balaban J connectivity index is 2.02. The van der Waals surface area contributed by atoms with Gasteiger partial charge in [0.25, 0.3) is 0 Å². The van der Waals surface area contributed by atoms with Crippen LogP contribution in [0.2, 0.25) is 0 Å². The summed E-state index contributed by atoms with van der Waals surface area (Å²) in [5, 5.41) is 9.50. The first kappa shape index (κ1) is 11.5. The van der Waals surface area contributed by atoms with Gasteiger partial charge in [-0.25, -0.2) is 4.98 Å². The summed E-state index contributed by atoms with van der Waals surface area (Å²) in [4.78, 5) is 7.06. The topological polar surface area (TPSA) is 40.8 Å². The lowest BCUT2D eigenvalue weighted by Gasteiger charge is -2.33. The van der Waals surface area contributed by atoms with Gasteiger partial charge >= 0.3 is 0 Å². The maximum absolute atomic E-state index is 9.50. The van der Waals surface area contributed by atoms with Gasteiger partial charge in [-0.1, -0.05) is 13.3 Å². The number of pyridine rings is 1. The van der Waals surface area contributed by atoms with Gasteiger partial charge in [-0.15, -0.1) is 0 Å². The molecule has 1 aliphatic heterocycles. The van der Waals surface area contributed by atoms with E-state index < -0.39 is 0 Å². The molecule has 0 aliphatic carbocycles. The molecule has 0 saturated carbocycles. The maximum Gasteiger partial charge on any atom is 0.130 e. The first-order valence-electron chi connectivity index (χ1n) is 6.69.